The Morgan fingerprint density at radius 3 is 2.41 bits per heavy atom. The van der Waals surface area contributed by atoms with E-state index >= 15 is 0 Å². The van der Waals surface area contributed by atoms with Crippen molar-refractivity contribution in [3.8, 4) is 0 Å². The number of benzene rings is 1. The molecule has 1 aliphatic heterocycles. The summed E-state index contributed by atoms with van der Waals surface area (Å²) in [5.41, 5.74) is 2.56. The SMILES string of the molecule is Cc1cc(NC(=O)c2cc(S(=O)(=O)N3CCCCC3)c(C)n2C)ccc1Br. The molecule has 0 radical (unpaired) electrons. The minimum atomic E-state index is -3.59. The number of halogens is 1. The molecule has 2 heterocycles. The smallest absolute Gasteiger partial charge is 0.272 e. The molecule has 1 saturated heterocycles. The molecule has 0 unspecified atom stereocenters. The Kier molecular flexibility index (Phi) is 5.79. The number of carbonyl (C=O) groups is 1. The number of nitrogens with zero attached hydrogens (tertiary/aromatic N) is 2. The normalized spacial score (nSPS) is 15.7. The quantitative estimate of drug-likeness (QED) is 0.764. The molecule has 1 aromatic heterocycles. The summed E-state index contributed by atoms with van der Waals surface area (Å²) in [4.78, 5) is 13.0. The number of aromatic nitrogens is 1. The lowest BCUT2D eigenvalue weighted by atomic mass is 10.2. The van der Waals surface area contributed by atoms with Crippen LogP contribution < -0.4 is 5.32 Å². The molecule has 0 spiro atoms. The number of sulfonamides is 1. The van der Waals surface area contributed by atoms with Crippen molar-refractivity contribution >= 4 is 37.5 Å². The lowest BCUT2D eigenvalue weighted by molar-refractivity contribution is 0.101. The van der Waals surface area contributed by atoms with Crippen LogP contribution in [0.4, 0.5) is 5.69 Å². The molecule has 0 bridgehead atoms. The molecule has 6 nitrogen and oxygen atoms in total. The van der Waals surface area contributed by atoms with Gasteiger partial charge in [-0.25, -0.2) is 8.42 Å². The molecule has 1 aromatic carbocycles. The summed E-state index contributed by atoms with van der Waals surface area (Å²) in [5.74, 6) is -0.331. The van der Waals surface area contributed by atoms with Crippen molar-refractivity contribution in [3.63, 3.8) is 0 Å². The lowest BCUT2D eigenvalue weighted by Crippen LogP contribution is -2.35. The number of rotatable bonds is 4. The van der Waals surface area contributed by atoms with Gasteiger partial charge in [0.15, 0.2) is 0 Å². The number of carbonyl (C=O) groups excluding carboxylic acids is 1. The molecule has 2 aromatic rings. The highest BCUT2D eigenvalue weighted by atomic mass is 79.9. The first-order valence-corrected chi connectivity index (χ1v) is 11.2. The highest BCUT2D eigenvalue weighted by molar-refractivity contribution is 9.10. The van der Waals surface area contributed by atoms with Gasteiger partial charge in [0.25, 0.3) is 5.91 Å². The molecule has 1 amide bonds. The maximum absolute atomic E-state index is 13.0. The van der Waals surface area contributed by atoms with Gasteiger partial charge in [0, 0.05) is 36.0 Å². The highest BCUT2D eigenvalue weighted by Crippen LogP contribution is 2.27. The van der Waals surface area contributed by atoms with Crippen molar-refractivity contribution in [1.29, 1.82) is 0 Å². The van der Waals surface area contributed by atoms with Gasteiger partial charge >= 0.3 is 0 Å². The van der Waals surface area contributed by atoms with E-state index in [0.717, 1.165) is 29.3 Å². The van der Waals surface area contributed by atoms with Crippen LogP contribution in [0.5, 0.6) is 0 Å². The van der Waals surface area contributed by atoms with Crippen LogP contribution in [0.2, 0.25) is 0 Å². The van der Waals surface area contributed by atoms with Crippen molar-refractivity contribution in [3.05, 3.63) is 45.7 Å². The molecule has 1 fully saturated rings. The highest BCUT2D eigenvalue weighted by Gasteiger charge is 2.30. The summed E-state index contributed by atoms with van der Waals surface area (Å²) >= 11 is 3.44. The van der Waals surface area contributed by atoms with Crippen LogP contribution in [-0.2, 0) is 17.1 Å². The predicted octanol–water partition coefficient (Wildman–Crippen LogP) is 3.83. The van der Waals surface area contributed by atoms with Crippen LogP contribution in [-0.4, -0.2) is 36.3 Å². The Hall–Kier alpha value is -1.64. The van der Waals surface area contributed by atoms with Gasteiger partial charge in [-0.15, -0.1) is 0 Å². The summed E-state index contributed by atoms with van der Waals surface area (Å²) < 4.78 is 30.2. The molecule has 1 N–H and O–H groups in total. The molecule has 8 heteroatoms. The Labute approximate surface area is 168 Å². The van der Waals surface area contributed by atoms with Crippen molar-refractivity contribution < 1.29 is 13.2 Å². The van der Waals surface area contributed by atoms with E-state index in [-0.39, 0.29) is 10.8 Å². The van der Waals surface area contributed by atoms with E-state index < -0.39 is 10.0 Å². The van der Waals surface area contributed by atoms with E-state index in [4.69, 9.17) is 0 Å². The summed E-state index contributed by atoms with van der Waals surface area (Å²) in [6.45, 7) is 4.75. The molecular formula is C19H24BrN3O3S. The fourth-order valence-corrected chi connectivity index (χ4v) is 5.35. The molecule has 3 rings (SSSR count). The number of hydrogen-bond donors (Lipinski definition) is 1. The van der Waals surface area contributed by atoms with Gasteiger partial charge in [0.05, 0.1) is 0 Å². The van der Waals surface area contributed by atoms with Crippen LogP contribution in [0.15, 0.2) is 33.6 Å². The zero-order valence-corrected chi connectivity index (χ0v) is 18.2. The second-order valence-electron chi connectivity index (χ2n) is 6.92. The predicted molar refractivity (Wildman–Crippen MR) is 110 cm³/mol. The van der Waals surface area contributed by atoms with E-state index in [1.54, 1.807) is 24.6 Å². The van der Waals surface area contributed by atoms with Gasteiger partial charge in [-0.3, -0.25) is 4.79 Å². The summed E-state index contributed by atoms with van der Waals surface area (Å²) in [7, 11) is -1.87. The minimum absolute atomic E-state index is 0.212. The summed E-state index contributed by atoms with van der Waals surface area (Å²) in [6.07, 6.45) is 2.81. The van der Waals surface area contributed by atoms with Crippen LogP contribution in [0.3, 0.4) is 0 Å². The minimum Gasteiger partial charge on any atom is -0.343 e. The Balaban J connectivity index is 1.90. The van der Waals surface area contributed by atoms with E-state index in [1.807, 2.05) is 19.1 Å². The fraction of sp³-hybridized carbons (Fsp3) is 0.421. The number of hydrogen-bond acceptors (Lipinski definition) is 3. The molecule has 0 atom stereocenters. The van der Waals surface area contributed by atoms with Gasteiger partial charge < -0.3 is 9.88 Å². The van der Waals surface area contributed by atoms with Crippen LogP contribution in [0.1, 0.15) is 41.0 Å². The third kappa shape index (κ3) is 3.97. The zero-order chi connectivity index (χ0) is 19.8. The van der Waals surface area contributed by atoms with E-state index in [1.165, 1.54) is 10.4 Å². The first kappa shape index (κ1) is 20.1. The van der Waals surface area contributed by atoms with E-state index in [2.05, 4.69) is 21.2 Å². The number of piperidine rings is 1. The maximum Gasteiger partial charge on any atom is 0.272 e. The largest absolute Gasteiger partial charge is 0.343 e. The summed E-state index contributed by atoms with van der Waals surface area (Å²) in [5, 5.41) is 2.85. The van der Waals surface area contributed by atoms with Crippen molar-refractivity contribution in [2.75, 3.05) is 18.4 Å². The molecule has 0 saturated carbocycles. The second kappa shape index (κ2) is 7.77. The van der Waals surface area contributed by atoms with E-state index in [0.29, 0.717) is 30.2 Å². The Morgan fingerprint density at radius 1 is 1.11 bits per heavy atom. The average molecular weight is 454 g/mol. The molecule has 146 valence electrons. The molecular weight excluding hydrogens is 430 g/mol. The van der Waals surface area contributed by atoms with Crippen molar-refractivity contribution in [2.24, 2.45) is 7.05 Å². The van der Waals surface area contributed by atoms with Crippen molar-refractivity contribution in [2.45, 2.75) is 38.0 Å². The second-order valence-corrected chi connectivity index (χ2v) is 9.68. The summed E-state index contributed by atoms with van der Waals surface area (Å²) in [6, 6.07) is 7.02. The standard InChI is InChI=1S/C19H24BrN3O3S/c1-13-11-15(7-8-16(13)20)21-19(24)17-12-18(14(2)22(17)3)27(25,26)23-9-5-4-6-10-23/h7-8,11-12H,4-6,9-10H2,1-3H3,(H,21,24). The van der Waals surface area contributed by atoms with Crippen LogP contribution >= 0.6 is 15.9 Å². The van der Waals surface area contributed by atoms with Gasteiger partial charge in [-0.2, -0.15) is 4.31 Å². The zero-order valence-electron chi connectivity index (χ0n) is 15.8. The molecule has 1 aliphatic rings. The molecule has 27 heavy (non-hydrogen) atoms. The maximum atomic E-state index is 13.0. The Bertz CT molecular complexity index is 976. The van der Waals surface area contributed by atoms with Crippen LogP contribution in [0.25, 0.3) is 0 Å². The third-order valence-corrected chi connectivity index (χ3v) is 7.97. The topological polar surface area (TPSA) is 71.4 Å². The number of nitrogens with one attached hydrogen (secondary N) is 1. The van der Waals surface area contributed by atoms with Crippen LogP contribution in [0, 0.1) is 13.8 Å². The first-order valence-electron chi connectivity index (χ1n) is 8.96. The number of anilines is 1. The lowest BCUT2D eigenvalue weighted by Gasteiger charge is -2.25. The van der Waals surface area contributed by atoms with Gasteiger partial charge in [0.2, 0.25) is 10.0 Å². The molecule has 0 aliphatic carbocycles. The first-order chi connectivity index (χ1) is 12.7. The van der Waals surface area contributed by atoms with Gasteiger partial charge in [-0.1, -0.05) is 22.4 Å². The number of aryl methyl sites for hydroxylation is 1. The average Bonchev–Trinajstić information content (AvgIpc) is 2.95. The number of amides is 1. The Morgan fingerprint density at radius 2 is 1.78 bits per heavy atom. The van der Waals surface area contributed by atoms with Crippen molar-refractivity contribution in [1.82, 2.24) is 8.87 Å². The third-order valence-electron chi connectivity index (χ3n) is 5.07. The van der Waals surface area contributed by atoms with Gasteiger partial charge in [-0.05, 0) is 56.5 Å². The monoisotopic (exact) mass is 453 g/mol. The van der Waals surface area contributed by atoms with Gasteiger partial charge in [0.1, 0.15) is 10.6 Å². The fourth-order valence-electron chi connectivity index (χ4n) is 3.31. The van der Waals surface area contributed by atoms with E-state index in [9.17, 15) is 13.2 Å².